The second kappa shape index (κ2) is 55.2. The Morgan fingerprint density at radius 1 is 0.318 bits per heavy atom. The Labute approximate surface area is 413 Å². The lowest BCUT2D eigenvalue weighted by molar-refractivity contribution is -0.132. The van der Waals surface area contributed by atoms with E-state index in [4.69, 9.17) is 0 Å². The van der Waals surface area contributed by atoms with Crippen LogP contribution in [0.25, 0.3) is 0 Å². The number of carbonyl (C=O) groups is 1. The summed E-state index contributed by atoms with van der Waals surface area (Å²) in [5, 5.41) is 44.1. The monoisotopic (exact) mass is 936 g/mol. The van der Waals surface area contributed by atoms with Gasteiger partial charge in [-0.15, -0.1) is 0 Å². The Bertz CT molecular complexity index is 917. The SMILES string of the molecule is CCCCCCCCCCCCCCCCCCCCCCCCCCCCCCC(O)C(O)C(CO)NC(=O)C(O)CCCCCCCCCCCCCCCCCCCCCCCC. The predicted octanol–water partition coefficient (Wildman–Crippen LogP) is 17.9. The molecule has 4 atom stereocenters. The molecule has 0 saturated carbocycles. The Kier molecular flexibility index (Phi) is 54.7. The molecule has 4 unspecified atom stereocenters. The van der Waals surface area contributed by atoms with Gasteiger partial charge in [0.15, 0.2) is 0 Å². The molecule has 396 valence electrons. The zero-order valence-corrected chi connectivity index (χ0v) is 45.0. The summed E-state index contributed by atoms with van der Waals surface area (Å²) in [4.78, 5) is 12.6. The second-order valence-corrected chi connectivity index (χ2v) is 21.4. The van der Waals surface area contributed by atoms with Gasteiger partial charge < -0.3 is 25.7 Å². The first-order chi connectivity index (χ1) is 32.5. The van der Waals surface area contributed by atoms with Crippen molar-refractivity contribution in [3.05, 3.63) is 0 Å². The molecule has 6 heteroatoms. The third-order valence-electron chi connectivity index (χ3n) is 14.8. The Morgan fingerprint density at radius 3 is 0.727 bits per heavy atom. The van der Waals surface area contributed by atoms with Gasteiger partial charge in [0, 0.05) is 0 Å². The molecule has 0 bridgehead atoms. The van der Waals surface area contributed by atoms with Gasteiger partial charge in [0.05, 0.1) is 18.8 Å². The highest BCUT2D eigenvalue weighted by Gasteiger charge is 2.28. The van der Waals surface area contributed by atoms with Crippen molar-refractivity contribution < 1.29 is 25.2 Å². The maximum absolute atomic E-state index is 12.6. The number of rotatable bonds is 57. The summed E-state index contributed by atoms with van der Waals surface area (Å²) < 4.78 is 0. The van der Waals surface area contributed by atoms with Gasteiger partial charge in [0.25, 0.3) is 0 Å². The molecule has 5 N–H and O–H groups in total. The van der Waals surface area contributed by atoms with Gasteiger partial charge in [-0.2, -0.15) is 0 Å². The molecule has 0 aliphatic heterocycles. The minimum atomic E-state index is -1.26. The molecule has 0 spiro atoms. The lowest BCUT2D eigenvalue weighted by atomic mass is 9.99. The summed E-state index contributed by atoms with van der Waals surface area (Å²) in [5.74, 6) is -0.575. The van der Waals surface area contributed by atoms with Gasteiger partial charge in [0.1, 0.15) is 12.2 Å². The minimum Gasteiger partial charge on any atom is -0.394 e. The normalized spacial score (nSPS) is 13.6. The van der Waals surface area contributed by atoms with Crippen LogP contribution >= 0.6 is 0 Å². The van der Waals surface area contributed by atoms with E-state index in [9.17, 15) is 25.2 Å². The lowest BCUT2D eigenvalue weighted by Crippen LogP contribution is -2.53. The van der Waals surface area contributed by atoms with E-state index in [-0.39, 0.29) is 0 Å². The highest BCUT2D eigenvalue weighted by molar-refractivity contribution is 5.80. The topological polar surface area (TPSA) is 110 Å². The molecular weight excluding hydrogens is 815 g/mol. The van der Waals surface area contributed by atoms with Gasteiger partial charge in [-0.05, 0) is 12.8 Å². The highest BCUT2D eigenvalue weighted by atomic mass is 16.3. The van der Waals surface area contributed by atoms with E-state index in [1.165, 1.54) is 283 Å². The molecule has 0 aromatic heterocycles. The maximum Gasteiger partial charge on any atom is 0.249 e. The van der Waals surface area contributed by atoms with Crippen molar-refractivity contribution in [3.63, 3.8) is 0 Å². The van der Waals surface area contributed by atoms with Gasteiger partial charge >= 0.3 is 0 Å². The Balaban J connectivity index is 3.55. The molecule has 0 saturated heterocycles. The number of amides is 1. The molecule has 66 heavy (non-hydrogen) atoms. The highest BCUT2D eigenvalue weighted by Crippen LogP contribution is 2.19. The zero-order valence-electron chi connectivity index (χ0n) is 45.0. The number of unbranched alkanes of at least 4 members (excludes halogenated alkanes) is 48. The van der Waals surface area contributed by atoms with Gasteiger partial charge in [-0.25, -0.2) is 0 Å². The average Bonchev–Trinajstić information content (AvgIpc) is 3.32. The number of aliphatic hydroxyl groups excluding tert-OH is 4. The third-order valence-corrected chi connectivity index (χ3v) is 14.8. The molecule has 0 rings (SSSR count). The van der Waals surface area contributed by atoms with Crippen molar-refractivity contribution in [2.24, 2.45) is 0 Å². The number of nitrogens with one attached hydrogen (secondary N) is 1. The fourth-order valence-electron chi connectivity index (χ4n) is 10.1. The molecule has 0 aliphatic rings. The first-order valence-electron chi connectivity index (χ1n) is 30.4. The van der Waals surface area contributed by atoms with Crippen molar-refractivity contribution >= 4 is 5.91 Å². The zero-order chi connectivity index (χ0) is 48.1. The number of carbonyl (C=O) groups excluding carboxylic acids is 1. The quantitative estimate of drug-likeness (QED) is 0.0390. The lowest BCUT2D eigenvalue weighted by Gasteiger charge is -2.27. The molecule has 0 radical (unpaired) electrons. The van der Waals surface area contributed by atoms with Crippen LogP contribution in [-0.4, -0.2) is 57.3 Å². The van der Waals surface area contributed by atoms with Gasteiger partial charge in [-0.1, -0.05) is 335 Å². The molecule has 0 fully saturated rings. The predicted molar refractivity (Wildman–Crippen MR) is 288 cm³/mol. The summed E-state index contributed by atoms with van der Waals surface area (Å²) in [7, 11) is 0. The van der Waals surface area contributed by atoms with Crippen LogP contribution in [-0.2, 0) is 4.79 Å². The third kappa shape index (κ3) is 48.3. The molecule has 0 aliphatic carbocycles. The summed E-state index contributed by atoms with van der Waals surface area (Å²) in [6.07, 6.45) is 64.7. The van der Waals surface area contributed by atoms with Crippen molar-refractivity contribution in [2.75, 3.05) is 6.61 Å². The van der Waals surface area contributed by atoms with E-state index >= 15 is 0 Å². The van der Waals surface area contributed by atoms with Crippen LogP contribution in [0.1, 0.15) is 348 Å². The molecular formula is C60H121NO5. The summed E-state index contributed by atoms with van der Waals surface area (Å²) >= 11 is 0. The van der Waals surface area contributed by atoms with E-state index in [0.717, 1.165) is 38.5 Å². The maximum atomic E-state index is 12.6. The van der Waals surface area contributed by atoms with Crippen LogP contribution in [0.5, 0.6) is 0 Å². The van der Waals surface area contributed by atoms with Crippen molar-refractivity contribution in [1.82, 2.24) is 5.32 Å². The average molecular weight is 937 g/mol. The number of hydrogen-bond acceptors (Lipinski definition) is 5. The molecule has 0 aromatic carbocycles. The van der Waals surface area contributed by atoms with E-state index in [1.807, 2.05) is 0 Å². The van der Waals surface area contributed by atoms with E-state index in [2.05, 4.69) is 19.2 Å². The molecule has 1 amide bonds. The van der Waals surface area contributed by atoms with Crippen LogP contribution in [0, 0.1) is 0 Å². The standard InChI is InChI=1S/C60H121NO5/c1-3-5-7-9-11-13-15-17-19-21-23-25-27-28-29-30-31-32-34-35-37-39-41-43-45-47-49-51-53-57(63)59(65)56(55-62)61-60(66)58(64)54-52-50-48-46-44-42-40-38-36-33-26-24-22-20-18-16-14-12-10-8-6-4-2/h56-59,62-65H,3-55H2,1-2H3,(H,61,66). The van der Waals surface area contributed by atoms with Crippen LogP contribution < -0.4 is 5.32 Å². The molecule has 0 heterocycles. The second-order valence-electron chi connectivity index (χ2n) is 21.4. The summed E-state index contributed by atoms with van der Waals surface area (Å²) in [6, 6.07) is -0.981. The van der Waals surface area contributed by atoms with Crippen LogP contribution in [0.4, 0.5) is 0 Å². The van der Waals surface area contributed by atoms with Crippen molar-refractivity contribution in [2.45, 2.75) is 372 Å². The van der Waals surface area contributed by atoms with Crippen molar-refractivity contribution in [1.29, 1.82) is 0 Å². The number of aliphatic hydroxyl groups is 4. The van der Waals surface area contributed by atoms with Crippen LogP contribution in [0.2, 0.25) is 0 Å². The van der Waals surface area contributed by atoms with Crippen molar-refractivity contribution in [3.8, 4) is 0 Å². The smallest absolute Gasteiger partial charge is 0.249 e. The largest absolute Gasteiger partial charge is 0.394 e. The van der Waals surface area contributed by atoms with Gasteiger partial charge in [-0.3, -0.25) is 4.79 Å². The summed E-state index contributed by atoms with van der Waals surface area (Å²) in [5.41, 5.74) is 0. The first-order valence-corrected chi connectivity index (χ1v) is 30.4. The molecule has 6 nitrogen and oxygen atoms in total. The Hall–Kier alpha value is -0.690. The van der Waals surface area contributed by atoms with Crippen LogP contribution in [0.3, 0.4) is 0 Å². The Morgan fingerprint density at radius 2 is 0.515 bits per heavy atom. The molecule has 0 aromatic rings. The first kappa shape index (κ1) is 65.3. The van der Waals surface area contributed by atoms with E-state index in [1.54, 1.807) is 0 Å². The van der Waals surface area contributed by atoms with E-state index in [0.29, 0.717) is 12.8 Å². The minimum absolute atomic E-state index is 0.376. The van der Waals surface area contributed by atoms with Gasteiger partial charge in [0.2, 0.25) is 5.91 Å². The summed E-state index contributed by atoms with van der Waals surface area (Å²) in [6.45, 7) is 4.11. The van der Waals surface area contributed by atoms with Crippen LogP contribution in [0.15, 0.2) is 0 Å². The number of hydrogen-bond donors (Lipinski definition) is 5. The van der Waals surface area contributed by atoms with E-state index < -0.39 is 36.9 Å². The fourth-order valence-corrected chi connectivity index (χ4v) is 10.1. The fraction of sp³-hybridized carbons (Fsp3) is 0.983.